The molecule has 5 rings (SSSR count). The van der Waals surface area contributed by atoms with Crippen LogP contribution in [0.5, 0.6) is 11.5 Å². The second-order valence-electron chi connectivity index (χ2n) is 8.61. The van der Waals surface area contributed by atoms with Gasteiger partial charge in [0.2, 0.25) is 11.9 Å². The van der Waals surface area contributed by atoms with E-state index in [4.69, 9.17) is 21.1 Å². The molecule has 0 aromatic carbocycles. The molecule has 14 heteroatoms. The molecule has 10 nitrogen and oxygen atoms in total. The van der Waals surface area contributed by atoms with Crippen molar-refractivity contribution in [3.8, 4) is 11.5 Å². The highest BCUT2D eigenvalue weighted by atomic mass is 35.5. The van der Waals surface area contributed by atoms with E-state index in [1.165, 1.54) is 25.4 Å². The van der Waals surface area contributed by atoms with Gasteiger partial charge in [0, 0.05) is 50.1 Å². The minimum atomic E-state index is -4.62. The zero-order valence-electron chi connectivity index (χ0n) is 20.1. The SMILES string of the molecule is CC(=O)Nc1cc(Oc2cnc3nc(Nc4cc([C@H]5CCOC5)nc(C(F)(F)F)c4)n(C)c3c2Cl)ccn1. The standard InChI is InChI=1S/C24H21ClF3N7O3/c1-12(36)31-19-9-15(3-5-29-19)38-17-10-30-22-21(20(17)25)35(2)23(34-22)32-14-7-16(13-4-6-37-11-13)33-18(8-14)24(26,27)28/h3,5,7-10,13H,4,6,11H2,1-2H3,(H,29,31,36)(H,30,32,33,34)/t13-/m0/s1. The third-order valence-corrected chi connectivity index (χ3v) is 6.17. The van der Waals surface area contributed by atoms with Gasteiger partial charge in [0.15, 0.2) is 11.4 Å². The smallest absolute Gasteiger partial charge is 0.433 e. The second kappa shape index (κ2) is 10.1. The third-order valence-electron chi connectivity index (χ3n) is 5.81. The molecular formula is C24H21ClF3N7O3. The van der Waals surface area contributed by atoms with Crippen LogP contribution in [-0.4, -0.2) is 43.6 Å². The van der Waals surface area contributed by atoms with Gasteiger partial charge in [-0.25, -0.2) is 15.0 Å². The molecule has 1 aliphatic heterocycles. The summed E-state index contributed by atoms with van der Waals surface area (Å²) >= 11 is 6.62. The minimum Gasteiger partial charge on any atom is -0.454 e. The lowest BCUT2D eigenvalue weighted by Crippen LogP contribution is -2.13. The molecule has 0 bridgehead atoms. The number of pyridine rings is 3. The summed E-state index contributed by atoms with van der Waals surface area (Å²) in [4.78, 5) is 27.9. The van der Waals surface area contributed by atoms with Crippen molar-refractivity contribution in [3.05, 3.63) is 53.1 Å². The quantitative estimate of drug-likeness (QED) is 0.328. The highest BCUT2D eigenvalue weighted by molar-refractivity contribution is 6.36. The van der Waals surface area contributed by atoms with E-state index in [0.717, 1.165) is 6.07 Å². The van der Waals surface area contributed by atoms with Crippen LogP contribution in [0.3, 0.4) is 0 Å². The van der Waals surface area contributed by atoms with Crippen LogP contribution < -0.4 is 15.4 Å². The molecule has 4 aromatic heterocycles. The average molecular weight is 548 g/mol. The van der Waals surface area contributed by atoms with Crippen molar-refractivity contribution < 1.29 is 27.4 Å². The van der Waals surface area contributed by atoms with Crippen molar-refractivity contribution in [1.82, 2.24) is 24.5 Å². The van der Waals surface area contributed by atoms with Gasteiger partial charge in [0.25, 0.3) is 0 Å². The molecule has 1 aliphatic rings. The van der Waals surface area contributed by atoms with Crippen LogP contribution in [0, 0.1) is 0 Å². The minimum absolute atomic E-state index is 0.169. The summed E-state index contributed by atoms with van der Waals surface area (Å²) in [5.74, 6) is 0.565. The van der Waals surface area contributed by atoms with Crippen molar-refractivity contribution in [2.24, 2.45) is 7.05 Å². The van der Waals surface area contributed by atoms with E-state index in [1.54, 1.807) is 23.7 Å². The van der Waals surface area contributed by atoms with Crippen LogP contribution in [0.15, 0.2) is 36.7 Å². The number of amides is 1. The number of ether oxygens (including phenoxy) is 2. The molecule has 0 radical (unpaired) electrons. The van der Waals surface area contributed by atoms with Gasteiger partial charge in [-0.15, -0.1) is 0 Å². The Bertz CT molecular complexity index is 1520. The molecule has 1 atom stereocenters. The van der Waals surface area contributed by atoms with Gasteiger partial charge in [-0.2, -0.15) is 18.2 Å². The summed E-state index contributed by atoms with van der Waals surface area (Å²) in [6.07, 6.45) is -1.19. The number of nitrogens with zero attached hydrogens (tertiary/aromatic N) is 5. The summed E-state index contributed by atoms with van der Waals surface area (Å²) in [5.41, 5.74) is 0.114. The van der Waals surface area contributed by atoms with Crippen LogP contribution in [0.2, 0.25) is 5.02 Å². The van der Waals surface area contributed by atoms with E-state index in [9.17, 15) is 18.0 Å². The van der Waals surface area contributed by atoms with Gasteiger partial charge in [0.1, 0.15) is 27.8 Å². The fraction of sp³-hybridized carbons (Fsp3) is 0.292. The summed E-state index contributed by atoms with van der Waals surface area (Å²) in [7, 11) is 1.65. The van der Waals surface area contributed by atoms with Crippen LogP contribution in [-0.2, 0) is 22.8 Å². The van der Waals surface area contributed by atoms with E-state index in [-0.39, 0.29) is 39.9 Å². The number of hydrogen-bond acceptors (Lipinski definition) is 8. The van der Waals surface area contributed by atoms with E-state index < -0.39 is 11.9 Å². The molecule has 0 unspecified atom stereocenters. The molecule has 0 aliphatic carbocycles. The number of hydrogen-bond donors (Lipinski definition) is 2. The van der Waals surface area contributed by atoms with E-state index in [2.05, 4.69) is 30.6 Å². The van der Waals surface area contributed by atoms with Crippen molar-refractivity contribution >= 4 is 46.1 Å². The first-order valence-corrected chi connectivity index (χ1v) is 11.8. The fourth-order valence-corrected chi connectivity index (χ4v) is 4.32. The van der Waals surface area contributed by atoms with Gasteiger partial charge in [-0.05, 0) is 24.6 Å². The largest absolute Gasteiger partial charge is 0.454 e. The van der Waals surface area contributed by atoms with Gasteiger partial charge in [0.05, 0.1) is 12.8 Å². The maximum Gasteiger partial charge on any atom is 0.433 e. The Balaban J connectivity index is 1.46. The number of carbonyl (C=O) groups is 1. The zero-order chi connectivity index (χ0) is 27.0. The van der Waals surface area contributed by atoms with E-state index >= 15 is 0 Å². The van der Waals surface area contributed by atoms with Crippen LogP contribution in [0.4, 0.5) is 30.6 Å². The van der Waals surface area contributed by atoms with Gasteiger partial charge in [-0.1, -0.05) is 11.6 Å². The first-order valence-electron chi connectivity index (χ1n) is 11.4. The Morgan fingerprint density at radius 1 is 1.24 bits per heavy atom. The number of halogens is 4. The number of rotatable bonds is 6. The number of fused-ring (bicyclic) bond motifs is 1. The zero-order valence-corrected chi connectivity index (χ0v) is 20.9. The predicted octanol–water partition coefficient (Wildman–Crippen LogP) is 5.43. The maximum absolute atomic E-state index is 13.6. The van der Waals surface area contributed by atoms with Gasteiger partial charge < -0.3 is 24.7 Å². The Kier molecular flexibility index (Phi) is 6.80. The second-order valence-corrected chi connectivity index (χ2v) is 8.99. The Morgan fingerprint density at radius 3 is 2.76 bits per heavy atom. The van der Waals surface area contributed by atoms with E-state index in [0.29, 0.717) is 42.4 Å². The molecule has 5 heterocycles. The third kappa shape index (κ3) is 5.34. The van der Waals surface area contributed by atoms with Crippen molar-refractivity contribution in [2.75, 3.05) is 23.8 Å². The molecule has 1 saturated heterocycles. The molecule has 2 N–H and O–H groups in total. The summed E-state index contributed by atoms with van der Waals surface area (Å²) in [5, 5.41) is 5.69. The molecule has 0 saturated carbocycles. The van der Waals surface area contributed by atoms with E-state index in [1.807, 2.05) is 0 Å². The predicted molar refractivity (Wildman–Crippen MR) is 133 cm³/mol. The molecule has 1 amide bonds. The summed E-state index contributed by atoms with van der Waals surface area (Å²) in [6, 6.07) is 5.59. The monoisotopic (exact) mass is 547 g/mol. The highest BCUT2D eigenvalue weighted by Gasteiger charge is 2.34. The lowest BCUT2D eigenvalue weighted by atomic mass is 10.0. The molecule has 0 spiro atoms. The number of carbonyl (C=O) groups excluding carboxylic acids is 1. The molecule has 4 aromatic rings. The maximum atomic E-state index is 13.6. The van der Waals surface area contributed by atoms with Gasteiger partial charge >= 0.3 is 6.18 Å². The fourth-order valence-electron chi connectivity index (χ4n) is 4.02. The Labute approximate surface area is 219 Å². The van der Waals surface area contributed by atoms with Crippen molar-refractivity contribution in [1.29, 1.82) is 0 Å². The Hall–Kier alpha value is -3.97. The first-order chi connectivity index (χ1) is 18.1. The Morgan fingerprint density at radius 2 is 2.05 bits per heavy atom. The number of aryl methyl sites for hydroxylation is 1. The number of alkyl halides is 3. The molecule has 198 valence electrons. The normalized spacial score (nSPS) is 15.6. The van der Waals surface area contributed by atoms with Crippen molar-refractivity contribution in [3.63, 3.8) is 0 Å². The number of aromatic nitrogens is 5. The van der Waals surface area contributed by atoms with Crippen LogP contribution >= 0.6 is 11.6 Å². The number of imidazole rings is 1. The molecule has 38 heavy (non-hydrogen) atoms. The van der Waals surface area contributed by atoms with Crippen LogP contribution in [0.25, 0.3) is 11.2 Å². The molecular weight excluding hydrogens is 527 g/mol. The highest BCUT2D eigenvalue weighted by Crippen LogP contribution is 2.37. The molecule has 1 fully saturated rings. The van der Waals surface area contributed by atoms with Crippen molar-refractivity contribution in [2.45, 2.75) is 25.4 Å². The first kappa shape index (κ1) is 25.7. The number of nitrogens with one attached hydrogen (secondary N) is 2. The average Bonchev–Trinajstić information content (AvgIpc) is 3.49. The lowest BCUT2D eigenvalue weighted by Gasteiger charge is -2.15. The number of anilines is 3. The lowest BCUT2D eigenvalue weighted by molar-refractivity contribution is -0.141. The van der Waals surface area contributed by atoms with Crippen LogP contribution in [0.1, 0.15) is 30.7 Å². The topological polar surface area (TPSA) is 116 Å². The summed E-state index contributed by atoms with van der Waals surface area (Å²) in [6.45, 7) is 2.14. The van der Waals surface area contributed by atoms with Gasteiger partial charge in [-0.3, -0.25) is 4.79 Å². The summed E-state index contributed by atoms with van der Waals surface area (Å²) < 4.78 is 53.5.